The maximum Gasteiger partial charge on any atom is 0.203 e. The molecule has 0 radical (unpaired) electrons. The summed E-state index contributed by atoms with van der Waals surface area (Å²) in [5.74, 6) is 3.51. The molecule has 0 saturated heterocycles. The van der Waals surface area contributed by atoms with E-state index < -0.39 is 0 Å². The summed E-state index contributed by atoms with van der Waals surface area (Å²) in [6.07, 6.45) is 5.88. The molecule has 8 nitrogen and oxygen atoms in total. The number of hydrogen-bond acceptors (Lipinski definition) is 5. The number of aromatic nitrogens is 2. The first-order chi connectivity index (χ1) is 13.6. The van der Waals surface area contributed by atoms with E-state index in [9.17, 15) is 0 Å². The molecule has 0 atom stereocenters. The summed E-state index contributed by atoms with van der Waals surface area (Å²) in [6.45, 7) is 6.51. The molecule has 8 heteroatoms. The van der Waals surface area contributed by atoms with E-state index in [1.54, 1.807) is 21.3 Å². The molecule has 28 heavy (non-hydrogen) atoms. The van der Waals surface area contributed by atoms with E-state index in [0.29, 0.717) is 17.2 Å². The third kappa shape index (κ3) is 5.80. The molecular formula is C20H31N5O3. The molecule has 0 amide bonds. The summed E-state index contributed by atoms with van der Waals surface area (Å²) >= 11 is 0. The lowest BCUT2D eigenvalue weighted by atomic mass is 10.2. The van der Waals surface area contributed by atoms with Crippen molar-refractivity contribution >= 4 is 11.6 Å². The first kappa shape index (κ1) is 21.4. The zero-order valence-electron chi connectivity index (χ0n) is 17.4. The van der Waals surface area contributed by atoms with Crippen molar-refractivity contribution in [3.8, 4) is 17.2 Å². The van der Waals surface area contributed by atoms with Gasteiger partial charge in [0, 0.05) is 49.8 Å². The van der Waals surface area contributed by atoms with Gasteiger partial charge in [-0.3, -0.25) is 4.99 Å². The summed E-state index contributed by atoms with van der Waals surface area (Å²) in [5, 5.41) is 6.56. The minimum Gasteiger partial charge on any atom is -0.493 e. The third-order valence-corrected chi connectivity index (χ3v) is 4.27. The van der Waals surface area contributed by atoms with E-state index in [1.807, 2.05) is 38.4 Å². The zero-order valence-corrected chi connectivity index (χ0v) is 17.4. The van der Waals surface area contributed by atoms with Gasteiger partial charge in [-0.05, 0) is 26.7 Å². The number of methoxy groups -OCH3 is 3. The van der Waals surface area contributed by atoms with Crippen LogP contribution >= 0.6 is 0 Å². The fraction of sp³-hybridized carbons (Fsp3) is 0.500. The van der Waals surface area contributed by atoms with Gasteiger partial charge in [0.15, 0.2) is 17.5 Å². The highest BCUT2D eigenvalue weighted by Crippen LogP contribution is 2.39. The van der Waals surface area contributed by atoms with E-state index in [0.717, 1.165) is 49.9 Å². The second kappa shape index (κ2) is 11.1. The van der Waals surface area contributed by atoms with E-state index >= 15 is 0 Å². The van der Waals surface area contributed by atoms with Gasteiger partial charge >= 0.3 is 0 Å². The number of unbranched alkanes of at least 4 members (excludes halogenated alkanes) is 1. The van der Waals surface area contributed by atoms with Gasteiger partial charge in [-0.15, -0.1) is 0 Å². The predicted molar refractivity (Wildman–Crippen MR) is 112 cm³/mol. The Kier molecular flexibility index (Phi) is 8.45. The predicted octanol–water partition coefficient (Wildman–Crippen LogP) is 3.08. The van der Waals surface area contributed by atoms with Crippen molar-refractivity contribution in [2.24, 2.45) is 4.99 Å². The highest BCUT2D eigenvalue weighted by molar-refractivity contribution is 5.94. The van der Waals surface area contributed by atoms with Crippen molar-refractivity contribution in [1.29, 1.82) is 0 Å². The summed E-state index contributed by atoms with van der Waals surface area (Å²) < 4.78 is 18.3. The van der Waals surface area contributed by atoms with E-state index in [-0.39, 0.29) is 0 Å². The number of ether oxygens (including phenoxy) is 3. The highest BCUT2D eigenvalue weighted by atomic mass is 16.5. The number of nitrogens with one attached hydrogen (secondary N) is 2. The van der Waals surface area contributed by atoms with Crippen LogP contribution in [-0.2, 0) is 6.54 Å². The monoisotopic (exact) mass is 389 g/mol. The molecule has 1 aromatic heterocycles. The lowest BCUT2D eigenvalue weighted by molar-refractivity contribution is 0.324. The molecule has 0 fully saturated rings. The summed E-state index contributed by atoms with van der Waals surface area (Å²) in [6, 6.07) is 3.71. The average Bonchev–Trinajstić information content (AvgIpc) is 3.11. The quantitative estimate of drug-likeness (QED) is 0.369. The van der Waals surface area contributed by atoms with Crippen LogP contribution in [0.3, 0.4) is 0 Å². The number of aryl methyl sites for hydroxylation is 2. The van der Waals surface area contributed by atoms with Crippen molar-refractivity contribution in [2.75, 3.05) is 39.7 Å². The number of aliphatic imine (C=N–C) groups is 1. The molecule has 0 aliphatic heterocycles. The van der Waals surface area contributed by atoms with Crippen LogP contribution < -0.4 is 24.8 Å². The zero-order chi connectivity index (χ0) is 20.4. The largest absolute Gasteiger partial charge is 0.493 e. The number of hydrogen-bond donors (Lipinski definition) is 2. The molecule has 0 unspecified atom stereocenters. The fourth-order valence-electron chi connectivity index (χ4n) is 2.82. The summed E-state index contributed by atoms with van der Waals surface area (Å²) in [5.41, 5.74) is 0.809. The van der Waals surface area contributed by atoms with Gasteiger partial charge in [-0.1, -0.05) is 0 Å². The Bertz CT molecular complexity index is 748. The van der Waals surface area contributed by atoms with Crippen LogP contribution in [0.5, 0.6) is 17.2 Å². The molecular weight excluding hydrogens is 358 g/mol. The van der Waals surface area contributed by atoms with Crippen LogP contribution in [0.1, 0.15) is 25.6 Å². The smallest absolute Gasteiger partial charge is 0.203 e. The standard InChI is InChI=1S/C20H31N5O3/c1-6-21-20(23-9-7-8-11-25-12-10-22-15(25)2)24-16-13-17(26-3)19(28-5)18(14-16)27-4/h10,12-14H,6-9,11H2,1-5H3,(H2,21,23,24). The van der Waals surface area contributed by atoms with Gasteiger partial charge in [0.05, 0.1) is 21.3 Å². The minimum absolute atomic E-state index is 0.562. The Morgan fingerprint density at radius 3 is 2.36 bits per heavy atom. The lowest BCUT2D eigenvalue weighted by Gasteiger charge is -2.16. The van der Waals surface area contributed by atoms with Crippen molar-refractivity contribution in [1.82, 2.24) is 14.9 Å². The maximum absolute atomic E-state index is 5.41. The average molecular weight is 390 g/mol. The van der Waals surface area contributed by atoms with Gasteiger partial charge in [-0.25, -0.2) is 4.98 Å². The molecule has 1 aromatic carbocycles. The number of benzene rings is 1. The molecule has 2 rings (SSSR count). The Morgan fingerprint density at radius 2 is 1.82 bits per heavy atom. The Morgan fingerprint density at radius 1 is 1.11 bits per heavy atom. The van der Waals surface area contributed by atoms with Crippen LogP contribution in [0.4, 0.5) is 5.69 Å². The fourth-order valence-corrected chi connectivity index (χ4v) is 2.82. The Balaban J connectivity index is 1.99. The third-order valence-electron chi connectivity index (χ3n) is 4.27. The van der Waals surface area contributed by atoms with Gasteiger partial charge in [0.2, 0.25) is 5.75 Å². The molecule has 0 spiro atoms. The maximum atomic E-state index is 5.41. The van der Waals surface area contributed by atoms with Gasteiger partial charge in [0.25, 0.3) is 0 Å². The molecule has 0 saturated carbocycles. The van der Waals surface area contributed by atoms with Crippen molar-refractivity contribution in [3.05, 3.63) is 30.4 Å². The molecule has 0 aliphatic rings. The number of anilines is 1. The van der Waals surface area contributed by atoms with Gasteiger partial charge in [-0.2, -0.15) is 0 Å². The van der Waals surface area contributed by atoms with Crippen LogP contribution in [0.2, 0.25) is 0 Å². The molecule has 0 bridgehead atoms. The second-order valence-electron chi connectivity index (χ2n) is 6.17. The van der Waals surface area contributed by atoms with Crippen molar-refractivity contribution in [2.45, 2.75) is 33.2 Å². The van der Waals surface area contributed by atoms with Crippen LogP contribution in [0.15, 0.2) is 29.5 Å². The molecule has 2 aromatic rings. The molecule has 1 heterocycles. The summed E-state index contributed by atoms with van der Waals surface area (Å²) in [4.78, 5) is 8.90. The van der Waals surface area contributed by atoms with E-state index in [4.69, 9.17) is 14.2 Å². The normalized spacial score (nSPS) is 11.2. The second-order valence-corrected chi connectivity index (χ2v) is 6.17. The minimum atomic E-state index is 0.562. The van der Waals surface area contributed by atoms with Crippen LogP contribution in [0, 0.1) is 6.92 Å². The number of guanidine groups is 1. The highest BCUT2D eigenvalue weighted by Gasteiger charge is 2.13. The first-order valence-electron chi connectivity index (χ1n) is 9.46. The van der Waals surface area contributed by atoms with Crippen molar-refractivity contribution < 1.29 is 14.2 Å². The molecule has 2 N–H and O–H groups in total. The number of rotatable bonds is 10. The van der Waals surface area contributed by atoms with Gasteiger partial charge < -0.3 is 29.4 Å². The van der Waals surface area contributed by atoms with E-state index in [1.165, 1.54) is 0 Å². The van der Waals surface area contributed by atoms with Crippen molar-refractivity contribution in [3.63, 3.8) is 0 Å². The summed E-state index contributed by atoms with van der Waals surface area (Å²) in [7, 11) is 4.79. The lowest BCUT2D eigenvalue weighted by Crippen LogP contribution is -2.30. The number of imidazole rings is 1. The SMILES string of the molecule is CCNC(=NCCCCn1ccnc1C)Nc1cc(OC)c(OC)c(OC)c1. The van der Waals surface area contributed by atoms with Gasteiger partial charge in [0.1, 0.15) is 5.82 Å². The number of nitrogens with zero attached hydrogens (tertiary/aromatic N) is 3. The topological polar surface area (TPSA) is 81.9 Å². The Hall–Kier alpha value is -2.90. The van der Waals surface area contributed by atoms with Crippen LogP contribution in [-0.4, -0.2) is 49.9 Å². The molecule has 0 aliphatic carbocycles. The Labute approximate surface area is 166 Å². The first-order valence-corrected chi connectivity index (χ1v) is 9.46. The molecule has 154 valence electrons. The van der Waals surface area contributed by atoms with Crippen LogP contribution in [0.25, 0.3) is 0 Å². The van der Waals surface area contributed by atoms with E-state index in [2.05, 4.69) is 25.2 Å².